The van der Waals surface area contributed by atoms with Crippen LogP contribution in [-0.2, 0) is 6.54 Å². The van der Waals surface area contributed by atoms with Gasteiger partial charge >= 0.3 is 6.03 Å². The molecule has 30 heavy (non-hydrogen) atoms. The Morgan fingerprint density at radius 2 is 2.07 bits per heavy atom. The van der Waals surface area contributed by atoms with Crippen LogP contribution >= 0.6 is 11.6 Å². The average Bonchev–Trinajstić information content (AvgIpc) is 3.02. The van der Waals surface area contributed by atoms with Crippen LogP contribution in [-0.4, -0.2) is 45.4 Å². The number of carbonyl (C=O) groups is 2. The van der Waals surface area contributed by atoms with Crippen molar-refractivity contribution in [1.82, 2.24) is 20.0 Å². The molecule has 1 aromatic carbocycles. The number of hydrogen-bond donors (Lipinski definition) is 2. The average molecular weight is 440 g/mol. The fraction of sp³-hybridized carbons (Fsp3) is 0.450. The standard InChI is InChI=1S/C20H24ClF2N5O2/c1-20(2,3)25-18(29)16-15-10-27(19(24)30)9-12(6-7-22)28(15)26-17(16)11-4-5-14(23)13(21)8-11/h4-5,8,12H,6-7,9-10H2,1-3H3,(H2,24,30)(H,25,29). The first-order valence-electron chi connectivity index (χ1n) is 9.51. The number of hydrogen-bond acceptors (Lipinski definition) is 3. The van der Waals surface area contributed by atoms with E-state index < -0.39 is 36.0 Å². The predicted octanol–water partition coefficient (Wildman–Crippen LogP) is 3.67. The molecule has 10 heteroatoms. The summed E-state index contributed by atoms with van der Waals surface area (Å²) in [5.74, 6) is -1.01. The molecule has 162 valence electrons. The second kappa shape index (κ2) is 8.22. The Labute approximate surface area is 178 Å². The highest BCUT2D eigenvalue weighted by Crippen LogP contribution is 2.34. The van der Waals surface area contributed by atoms with E-state index in [2.05, 4.69) is 10.4 Å². The number of primary amides is 1. The first-order valence-corrected chi connectivity index (χ1v) is 9.89. The van der Waals surface area contributed by atoms with Crippen molar-refractivity contribution in [2.45, 2.75) is 45.3 Å². The van der Waals surface area contributed by atoms with Gasteiger partial charge in [0, 0.05) is 17.6 Å². The molecule has 0 aliphatic carbocycles. The van der Waals surface area contributed by atoms with Crippen molar-refractivity contribution in [2.75, 3.05) is 13.2 Å². The fourth-order valence-corrected chi connectivity index (χ4v) is 3.68. The number of amides is 3. The molecular weight excluding hydrogens is 416 g/mol. The zero-order valence-corrected chi connectivity index (χ0v) is 17.8. The second-order valence-electron chi connectivity index (χ2n) is 8.30. The van der Waals surface area contributed by atoms with Gasteiger partial charge in [-0.3, -0.25) is 13.9 Å². The Hall–Kier alpha value is -2.68. The summed E-state index contributed by atoms with van der Waals surface area (Å²) in [6, 6.07) is 2.89. The molecule has 1 aliphatic rings. The lowest BCUT2D eigenvalue weighted by atomic mass is 10.0. The van der Waals surface area contributed by atoms with Crippen molar-refractivity contribution < 1.29 is 18.4 Å². The van der Waals surface area contributed by atoms with E-state index in [1.54, 1.807) is 4.68 Å². The summed E-state index contributed by atoms with van der Waals surface area (Å²) in [4.78, 5) is 26.4. The maximum absolute atomic E-state index is 13.7. The lowest BCUT2D eigenvalue weighted by Gasteiger charge is -2.33. The summed E-state index contributed by atoms with van der Waals surface area (Å²) >= 11 is 5.94. The number of urea groups is 1. The fourth-order valence-electron chi connectivity index (χ4n) is 3.49. The van der Waals surface area contributed by atoms with Crippen LogP contribution in [0.1, 0.15) is 49.3 Å². The highest BCUT2D eigenvalue weighted by molar-refractivity contribution is 6.31. The molecule has 0 bridgehead atoms. The molecule has 2 aromatic rings. The molecule has 0 spiro atoms. The summed E-state index contributed by atoms with van der Waals surface area (Å²) < 4.78 is 28.5. The number of carbonyl (C=O) groups excluding carboxylic acids is 2. The summed E-state index contributed by atoms with van der Waals surface area (Å²) in [5, 5.41) is 7.35. The summed E-state index contributed by atoms with van der Waals surface area (Å²) in [5.41, 5.74) is 6.31. The molecule has 0 radical (unpaired) electrons. The maximum Gasteiger partial charge on any atom is 0.315 e. The van der Waals surface area contributed by atoms with Gasteiger partial charge in [-0.25, -0.2) is 9.18 Å². The monoisotopic (exact) mass is 439 g/mol. The van der Waals surface area contributed by atoms with Crippen LogP contribution in [0.4, 0.5) is 13.6 Å². The van der Waals surface area contributed by atoms with Crippen LogP contribution < -0.4 is 11.1 Å². The van der Waals surface area contributed by atoms with Crippen molar-refractivity contribution in [3.8, 4) is 11.3 Å². The number of alkyl halides is 1. The highest BCUT2D eigenvalue weighted by Gasteiger charge is 2.35. The van der Waals surface area contributed by atoms with Crippen molar-refractivity contribution >= 4 is 23.5 Å². The van der Waals surface area contributed by atoms with E-state index in [0.29, 0.717) is 11.3 Å². The zero-order valence-electron chi connectivity index (χ0n) is 17.0. The number of nitrogens with two attached hydrogens (primary N) is 1. The number of rotatable bonds is 4. The van der Waals surface area contributed by atoms with Gasteiger partial charge in [0.2, 0.25) is 0 Å². The van der Waals surface area contributed by atoms with E-state index in [4.69, 9.17) is 17.3 Å². The molecule has 2 heterocycles. The van der Waals surface area contributed by atoms with Crippen LogP contribution in [0, 0.1) is 5.82 Å². The molecule has 0 saturated heterocycles. The number of nitrogens with zero attached hydrogens (tertiary/aromatic N) is 3. The van der Waals surface area contributed by atoms with Gasteiger partial charge < -0.3 is 16.0 Å². The Bertz CT molecular complexity index is 986. The minimum atomic E-state index is -0.667. The SMILES string of the molecule is CC(C)(C)NC(=O)c1c(-c2ccc(F)c(Cl)c2)nn2c1CN(C(N)=O)CC2CCF. The van der Waals surface area contributed by atoms with Gasteiger partial charge in [-0.2, -0.15) is 5.10 Å². The summed E-state index contributed by atoms with van der Waals surface area (Å²) in [6.07, 6.45) is 0.0996. The Morgan fingerprint density at radius 3 is 2.63 bits per heavy atom. The van der Waals surface area contributed by atoms with E-state index >= 15 is 0 Å². The second-order valence-corrected chi connectivity index (χ2v) is 8.71. The lowest BCUT2D eigenvalue weighted by molar-refractivity contribution is 0.0915. The van der Waals surface area contributed by atoms with Crippen LogP contribution in [0.25, 0.3) is 11.3 Å². The third-order valence-electron chi connectivity index (χ3n) is 4.79. The first-order chi connectivity index (χ1) is 14.0. The summed E-state index contributed by atoms with van der Waals surface area (Å²) in [6.45, 7) is 5.09. The first kappa shape index (κ1) is 22.0. The normalized spacial score (nSPS) is 16.3. The van der Waals surface area contributed by atoms with Gasteiger partial charge in [-0.15, -0.1) is 0 Å². The molecule has 1 aromatic heterocycles. The molecule has 1 atom stereocenters. The third kappa shape index (κ3) is 4.40. The molecule has 1 aliphatic heterocycles. The Balaban J connectivity index is 2.21. The summed E-state index contributed by atoms with van der Waals surface area (Å²) in [7, 11) is 0. The van der Waals surface area contributed by atoms with Gasteiger partial charge in [-0.05, 0) is 45.4 Å². The Kier molecular flexibility index (Phi) is 6.03. The van der Waals surface area contributed by atoms with Crippen molar-refractivity contribution in [3.63, 3.8) is 0 Å². The number of benzene rings is 1. The largest absolute Gasteiger partial charge is 0.351 e. The van der Waals surface area contributed by atoms with E-state index in [-0.39, 0.29) is 35.8 Å². The van der Waals surface area contributed by atoms with Gasteiger partial charge in [0.15, 0.2) is 0 Å². The smallest absolute Gasteiger partial charge is 0.315 e. The quantitative estimate of drug-likeness (QED) is 0.761. The maximum atomic E-state index is 13.7. The third-order valence-corrected chi connectivity index (χ3v) is 5.08. The van der Waals surface area contributed by atoms with E-state index in [9.17, 15) is 18.4 Å². The Morgan fingerprint density at radius 1 is 1.37 bits per heavy atom. The van der Waals surface area contributed by atoms with Crippen molar-refractivity contribution in [3.05, 3.63) is 40.3 Å². The molecule has 3 rings (SSSR count). The minimum absolute atomic E-state index is 0.0486. The van der Waals surface area contributed by atoms with E-state index in [1.165, 1.54) is 23.1 Å². The van der Waals surface area contributed by atoms with Crippen LogP contribution in [0.15, 0.2) is 18.2 Å². The molecule has 0 fully saturated rings. The molecule has 3 amide bonds. The van der Waals surface area contributed by atoms with E-state index in [0.717, 1.165) is 0 Å². The van der Waals surface area contributed by atoms with Gasteiger partial charge in [0.1, 0.15) is 11.5 Å². The van der Waals surface area contributed by atoms with Crippen molar-refractivity contribution in [1.29, 1.82) is 0 Å². The van der Waals surface area contributed by atoms with Gasteiger partial charge in [0.05, 0.1) is 35.5 Å². The van der Waals surface area contributed by atoms with Crippen molar-refractivity contribution in [2.24, 2.45) is 5.73 Å². The van der Waals surface area contributed by atoms with Gasteiger partial charge in [-0.1, -0.05) is 11.6 Å². The molecular formula is C20H24ClF2N5O2. The van der Waals surface area contributed by atoms with Crippen LogP contribution in [0.5, 0.6) is 0 Å². The highest BCUT2D eigenvalue weighted by atomic mass is 35.5. The predicted molar refractivity (Wildman–Crippen MR) is 109 cm³/mol. The van der Waals surface area contributed by atoms with Crippen LogP contribution in [0.2, 0.25) is 5.02 Å². The molecule has 7 nitrogen and oxygen atoms in total. The number of aromatic nitrogens is 2. The number of nitrogens with one attached hydrogen (secondary N) is 1. The molecule has 0 saturated carbocycles. The van der Waals surface area contributed by atoms with Crippen LogP contribution in [0.3, 0.4) is 0 Å². The topological polar surface area (TPSA) is 93.2 Å². The lowest BCUT2D eigenvalue weighted by Crippen LogP contribution is -2.45. The number of fused-ring (bicyclic) bond motifs is 1. The van der Waals surface area contributed by atoms with Gasteiger partial charge in [0.25, 0.3) is 5.91 Å². The van der Waals surface area contributed by atoms with E-state index in [1.807, 2.05) is 20.8 Å². The minimum Gasteiger partial charge on any atom is -0.351 e. The zero-order chi connectivity index (χ0) is 22.2. The molecule has 3 N–H and O–H groups in total. The molecule has 1 unspecified atom stereocenters. The number of halogens is 3.